The van der Waals surface area contributed by atoms with Crippen LogP contribution in [0, 0.1) is 30.5 Å². The number of hydrogen-bond acceptors (Lipinski definition) is 4. The molecule has 1 aliphatic heterocycles. The molecule has 35 heavy (non-hydrogen) atoms. The lowest BCUT2D eigenvalue weighted by Crippen LogP contribution is -2.33. The Morgan fingerprint density at radius 2 is 1.89 bits per heavy atom. The molecular formula is C26H25ClFN5O2. The minimum absolute atomic E-state index is 0.0826. The Hall–Kier alpha value is -3.70. The number of hydrogen-bond donors (Lipinski definition) is 1. The second-order valence-corrected chi connectivity index (χ2v) is 9.17. The maximum Gasteiger partial charge on any atom is 0.276 e. The molecule has 1 aliphatic rings. The van der Waals surface area contributed by atoms with E-state index in [-0.39, 0.29) is 34.4 Å². The van der Waals surface area contributed by atoms with Crippen LogP contribution in [0.25, 0.3) is 0 Å². The quantitative estimate of drug-likeness (QED) is 0.544. The summed E-state index contributed by atoms with van der Waals surface area (Å²) in [4.78, 5) is 31.6. The average Bonchev–Trinajstić information content (AvgIpc) is 3.46. The molecule has 0 spiro atoms. The lowest BCUT2D eigenvalue weighted by Gasteiger charge is -2.19. The third-order valence-corrected chi connectivity index (χ3v) is 6.06. The van der Waals surface area contributed by atoms with Crippen LogP contribution in [0.3, 0.4) is 0 Å². The lowest BCUT2D eigenvalue weighted by atomic mass is 10.1. The molecular weight excluding hydrogens is 469 g/mol. The zero-order valence-electron chi connectivity index (χ0n) is 19.7. The van der Waals surface area contributed by atoms with Crippen molar-refractivity contribution in [3.05, 3.63) is 75.9 Å². The van der Waals surface area contributed by atoms with Crippen LogP contribution >= 0.6 is 11.6 Å². The van der Waals surface area contributed by atoms with E-state index in [0.717, 1.165) is 5.56 Å². The molecule has 1 aromatic carbocycles. The van der Waals surface area contributed by atoms with Gasteiger partial charge < -0.3 is 10.2 Å². The van der Waals surface area contributed by atoms with Crippen molar-refractivity contribution in [1.82, 2.24) is 19.7 Å². The Bertz CT molecular complexity index is 1320. The molecule has 7 nitrogen and oxygen atoms in total. The van der Waals surface area contributed by atoms with Crippen LogP contribution in [0.2, 0.25) is 5.02 Å². The highest BCUT2D eigenvalue weighted by Crippen LogP contribution is 2.28. The summed E-state index contributed by atoms with van der Waals surface area (Å²) in [6.07, 6.45) is 3.69. The Labute approximate surface area is 208 Å². The summed E-state index contributed by atoms with van der Waals surface area (Å²) in [6.45, 7) is 6.65. The maximum absolute atomic E-state index is 13.1. The van der Waals surface area contributed by atoms with E-state index in [9.17, 15) is 14.0 Å². The monoisotopic (exact) mass is 493 g/mol. The molecule has 1 N–H and O–H groups in total. The van der Waals surface area contributed by atoms with Crippen molar-refractivity contribution in [2.45, 2.75) is 33.2 Å². The van der Waals surface area contributed by atoms with Crippen molar-refractivity contribution < 1.29 is 14.0 Å². The normalized spacial score (nSPS) is 15.1. The standard InChI is InChI=1S/C26H25ClFN5O2/c1-16(2)26(35)32-11-10-21(15-32)33-23(22(27)14-30-33)25(34)31-24-17(3)12-19(13-29-24)5-4-18-6-8-20(28)9-7-18/h6-9,12-14,16,21H,10-11,15H2,1-3H3,(H,29,31,34). The number of nitrogens with one attached hydrogen (secondary N) is 1. The van der Waals surface area contributed by atoms with Crippen molar-refractivity contribution in [3.8, 4) is 11.8 Å². The minimum Gasteiger partial charge on any atom is -0.340 e. The van der Waals surface area contributed by atoms with E-state index in [1.807, 2.05) is 26.8 Å². The Balaban J connectivity index is 1.48. The number of carbonyl (C=O) groups excluding carboxylic acids is 2. The highest BCUT2D eigenvalue weighted by atomic mass is 35.5. The van der Waals surface area contributed by atoms with Crippen LogP contribution in [-0.4, -0.2) is 44.6 Å². The van der Waals surface area contributed by atoms with E-state index in [4.69, 9.17) is 11.6 Å². The Morgan fingerprint density at radius 1 is 1.17 bits per heavy atom. The molecule has 2 aromatic heterocycles. The fourth-order valence-electron chi connectivity index (χ4n) is 3.96. The molecule has 2 amide bonds. The SMILES string of the molecule is Cc1cc(C#Cc2ccc(F)cc2)cnc1NC(=O)c1c(Cl)cnn1C1CCN(C(=O)C(C)C)C1. The molecule has 3 aromatic rings. The molecule has 1 fully saturated rings. The van der Waals surface area contributed by atoms with Crippen LogP contribution in [0.1, 0.15) is 53.5 Å². The number of aromatic nitrogens is 3. The van der Waals surface area contributed by atoms with Gasteiger partial charge in [0.2, 0.25) is 5.91 Å². The molecule has 3 heterocycles. The number of carbonyl (C=O) groups is 2. The Morgan fingerprint density at radius 3 is 2.57 bits per heavy atom. The molecule has 180 valence electrons. The van der Waals surface area contributed by atoms with Gasteiger partial charge in [-0.2, -0.15) is 5.10 Å². The number of halogens is 2. The van der Waals surface area contributed by atoms with Crippen LogP contribution in [0.15, 0.2) is 42.7 Å². The smallest absolute Gasteiger partial charge is 0.276 e. The van der Waals surface area contributed by atoms with E-state index in [0.29, 0.717) is 36.5 Å². The number of rotatable bonds is 4. The first-order chi connectivity index (χ1) is 16.7. The summed E-state index contributed by atoms with van der Waals surface area (Å²) in [5.41, 5.74) is 2.30. The van der Waals surface area contributed by atoms with Crippen molar-refractivity contribution in [2.75, 3.05) is 18.4 Å². The third kappa shape index (κ3) is 5.52. The highest BCUT2D eigenvalue weighted by molar-refractivity contribution is 6.34. The molecule has 1 atom stereocenters. The number of aryl methyl sites for hydroxylation is 1. The van der Waals surface area contributed by atoms with Crippen LogP contribution in [0.5, 0.6) is 0 Å². The number of pyridine rings is 1. The summed E-state index contributed by atoms with van der Waals surface area (Å²) < 4.78 is 14.6. The van der Waals surface area contributed by atoms with E-state index in [1.165, 1.54) is 18.3 Å². The number of nitrogens with zero attached hydrogens (tertiary/aromatic N) is 4. The van der Waals surface area contributed by atoms with E-state index in [1.54, 1.807) is 27.9 Å². The van der Waals surface area contributed by atoms with Crippen molar-refractivity contribution in [3.63, 3.8) is 0 Å². The van der Waals surface area contributed by atoms with Crippen LogP contribution < -0.4 is 5.32 Å². The van der Waals surface area contributed by atoms with E-state index < -0.39 is 5.91 Å². The zero-order valence-corrected chi connectivity index (χ0v) is 20.4. The first-order valence-corrected chi connectivity index (χ1v) is 11.7. The third-order valence-electron chi connectivity index (χ3n) is 5.79. The summed E-state index contributed by atoms with van der Waals surface area (Å²) in [7, 11) is 0. The summed E-state index contributed by atoms with van der Waals surface area (Å²) in [6, 6.07) is 7.59. The molecule has 0 radical (unpaired) electrons. The van der Waals surface area contributed by atoms with Crippen molar-refractivity contribution in [2.24, 2.45) is 5.92 Å². The molecule has 4 rings (SSSR count). The van der Waals surface area contributed by atoms with Gasteiger partial charge in [-0.05, 0) is 49.2 Å². The van der Waals surface area contributed by atoms with Gasteiger partial charge in [0, 0.05) is 36.3 Å². The van der Waals surface area contributed by atoms with Gasteiger partial charge in [-0.3, -0.25) is 14.3 Å². The van der Waals surface area contributed by atoms with Gasteiger partial charge in [0.1, 0.15) is 17.3 Å². The largest absolute Gasteiger partial charge is 0.340 e. The first-order valence-electron chi connectivity index (χ1n) is 11.3. The van der Waals surface area contributed by atoms with Gasteiger partial charge in [0.15, 0.2) is 0 Å². The maximum atomic E-state index is 13.1. The van der Waals surface area contributed by atoms with Gasteiger partial charge in [0.25, 0.3) is 5.91 Å². The number of amides is 2. The average molecular weight is 494 g/mol. The molecule has 0 aliphatic carbocycles. The van der Waals surface area contributed by atoms with Gasteiger partial charge in [0.05, 0.1) is 17.3 Å². The molecule has 0 bridgehead atoms. The summed E-state index contributed by atoms with van der Waals surface area (Å²) in [5, 5.41) is 7.36. The fourth-order valence-corrected chi connectivity index (χ4v) is 4.17. The first kappa shape index (κ1) is 24.4. The van der Waals surface area contributed by atoms with Gasteiger partial charge >= 0.3 is 0 Å². The highest BCUT2D eigenvalue weighted by Gasteiger charge is 2.32. The summed E-state index contributed by atoms with van der Waals surface area (Å²) in [5.74, 6) is 5.59. The fraction of sp³-hybridized carbons (Fsp3) is 0.308. The molecule has 9 heteroatoms. The molecule has 1 saturated heterocycles. The Kier molecular flexibility index (Phi) is 7.17. The van der Waals surface area contributed by atoms with E-state index >= 15 is 0 Å². The van der Waals surface area contributed by atoms with Gasteiger partial charge in [-0.1, -0.05) is 37.3 Å². The van der Waals surface area contributed by atoms with Crippen LogP contribution in [-0.2, 0) is 4.79 Å². The van der Waals surface area contributed by atoms with Gasteiger partial charge in [-0.25, -0.2) is 9.37 Å². The summed E-state index contributed by atoms with van der Waals surface area (Å²) >= 11 is 6.32. The molecule has 1 unspecified atom stereocenters. The minimum atomic E-state index is -0.429. The van der Waals surface area contributed by atoms with Crippen LogP contribution in [0.4, 0.5) is 10.2 Å². The second-order valence-electron chi connectivity index (χ2n) is 8.77. The van der Waals surface area contributed by atoms with Gasteiger partial charge in [-0.15, -0.1) is 0 Å². The topological polar surface area (TPSA) is 80.1 Å². The second kappa shape index (κ2) is 10.3. The predicted octanol–water partition coefficient (Wildman–Crippen LogP) is 4.46. The van der Waals surface area contributed by atoms with Crippen molar-refractivity contribution in [1.29, 1.82) is 0 Å². The number of likely N-dealkylation sites (tertiary alicyclic amines) is 1. The number of anilines is 1. The van der Waals surface area contributed by atoms with Crippen molar-refractivity contribution >= 4 is 29.2 Å². The lowest BCUT2D eigenvalue weighted by molar-refractivity contribution is -0.133. The zero-order chi connectivity index (χ0) is 25.1. The van der Waals surface area contributed by atoms with E-state index in [2.05, 4.69) is 27.2 Å². The molecule has 0 saturated carbocycles. The number of benzene rings is 1. The predicted molar refractivity (Wildman–Crippen MR) is 132 cm³/mol.